The van der Waals surface area contributed by atoms with Crippen LogP contribution in [0.2, 0.25) is 0 Å². The van der Waals surface area contributed by atoms with E-state index >= 15 is 0 Å². The number of aliphatic hydroxyl groups excluding tert-OH is 1. The minimum Gasteiger partial charge on any atom is -0.507 e. The number of H-pyrrole nitrogens is 1. The summed E-state index contributed by atoms with van der Waals surface area (Å²) < 4.78 is 16.2. The monoisotopic (exact) mass is 512 g/mol. The number of methoxy groups -OCH3 is 3. The van der Waals surface area contributed by atoms with Crippen LogP contribution in [-0.4, -0.2) is 54.6 Å². The van der Waals surface area contributed by atoms with Crippen LogP contribution in [0.5, 0.6) is 17.2 Å². The number of aromatic amines is 1. The number of para-hydroxylation sites is 1. The first kappa shape index (κ1) is 25.0. The molecule has 3 aromatic carbocycles. The van der Waals surface area contributed by atoms with Gasteiger partial charge in [-0.25, -0.2) is 0 Å². The van der Waals surface area contributed by atoms with Crippen LogP contribution in [0.3, 0.4) is 0 Å². The number of nitrogens with zero attached hydrogens (tertiary/aromatic N) is 1. The van der Waals surface area contributed by atoms with E-state index in [-0.39, 0.29) is 17.9 Å². The van der Waals surface area contributed by atoms with Gasteiger partial charge in [0, 0.05) is 40.8 Å². The van der Waals surface area contributed by atoms with E-state index in [1.165, 1.54) is 12.0 Å². The summed E-state index contributed by atoms with van der Waals surface area (Å²) in [6.07, 6.45) is 2.43. The van der Waals surface area contributed by atoms with Crippen molar-refractivity contribution in [3.8, 4) is 17.2 Å². The number of carbonyl (C=O) groups is 2. The van der Waals surface area contributed by atoms with Gasteiger partial charge in [-0.15, -0.1) is 0 Å². The molecule has 0 radical (unpaired) electrons. The maximum Gasteiger partial charge on any atom is 0.295 e. The first-order valence-electron chi connectivity index (χ1n) is 12.2. The Morgan fingerprint density at radius 3 is 2.34 bits per heavy atom. The lowest BCUT2D eigenvalue weighted by Crippen LogP contribution is -2.31. The largest absolute Gasteiger partial charge is 0.507 e. The first-order chi connectivity index (χ1) is 18.5. The topological polar surface area (TPSA) is 101 Å². The molecule has 1 aliphatic heterocycles. The van der Waals surface area contributed by atoms with Crippen molar-refractivity contribution < 1.29 is 28.9 Å². The molecule has 0 unspecified atom stereocenters. The number of rotatable bonds is 8. The average molecular weight is 513 g/mol. The quantitative estimate of drug-likeness (QED) is 0.199. The average Bonchev–Trinajstić information content (AvgIpc) is 3.49. The summed E-state index contributed by atoms with van der Waals surface area (Å²) in [5, 5.41) is 12.4. The Labute approximate surface area is 220 Å². The minimum absolute atomic E-state index is 0.00237. The fourth-order valence-electron chi connectivity index (χ4n) is 4.96. The number of hydrogen-bond donors (Lipinski definition) is 2. The molecule has 1 aromatic heterocycles. The predicted octanol–water partition coefficient (Wildman–Crippen LogP) is 4.86. The minimum atomic E-state index is -0.858. The van der Waals surface area contributed by atoms with Crippen LogP contribution in [0.15, 0.2) is 78.5 Å². The smallest absolute Gasteiger partial charge is 0.295 e. The van der Waals surface area contributed by atoms with Crippen LogP contribution < -0.4 is 14.2 Å². The van der Waals surface area contributed by atoms with E-state index in [1.807, 2.05) is 30.5 Å². The molecule has 1 aliphatic rings. The number of aliphatic hydroxyl groups is 1. The maximum atomic E-state index is 13.4. The van der Waals surface area contributed by atoms with Gasteiger partial charge in [0.1, 0.15) is 23.0 Å². The first-order valence-corrected chi connectivity index (χ1v) is 12.2. The molecule has 1 atom stereocenters. The molecule has 194 valence electrons. The van der Waals surface area contributed by atoms with E-state index in [2.05, 4.69) is 4.98 Å². The summed E-state index contributed by atoms with van der Waals surface area (Å²) in [5.41, 5.74) is 3.00. The van der Waals surface area contributed by atoms with E-state index in [9.17, 15) is 14.7 Å². The molecule has 0 bridgehead atoms. The van der Waals surface area contributed by atoms with Gasteiger partial charge in [0.2, 0.25) is 0 Å². The van der Waals surface area contributed by atoms with E-state index in [0.29, 0.717) is 34.8 Å². The molecule has 1 fully saturated rings. The second kappa shape index (κ2) is 10.3. The molecule has 0 spiro atoms. The molecule has 2 N–H and O–H groups in total. The van der Waals surface area contributed by atoms with Gasteiger partial charge in [-0.2, -0.15) is 0 Å². The normalized spacial score (nSPS) is 16.7. The van der Waals surface area contributed by atoms with E-state index in [4.69, 9.17) is 14.2 Å². The Balaban J connectivity index is 1.61. The van der Waals surface area contributed by atoms with Crippen molar-refractivity contribution in [1.82, 2.24) is 9.88 Å². The highest BCUT2D eigenvalue weighted by Crippen LogP contribution is 2.44. The fourth-order valence-corrected chi connectivity index (χ4v) is 4.96. The van der Waals surface area contributed by atoms with Crippen molar-refractivity contribution in [3.63, 3.8) is 0 Å². The lowest BCUT2D eigenvalue weighted by atomic mass is 9.94. The molecular formula is C30H28N2O6. The third-order valence-electron chi connectivity index (χ3n) is 6.94. The van der Waals surface area contributed by atoms with Crippen molar-refractivity contribution in [2.24, 2.45) is 0 Å². The van der Waals surface area contributed by atoms with Gasteiger partial charge in [0.15, 0.2) is 0 Å². The summed E-state index contributed by atoms with van der Waals surface area (Å²) in [7, 11) is 4.61. The van der Waals surface area contributed by atoms with Crippen molar-refractivity contribution in [3.05, 3.63) is 95.2 Å². The summed E-state index contributed by atoms with van der Waals surface area (Å²) in [6, 6.07) is 18.9. The van der Waals surface area contributed by atoms with Crippen LogP contribution in [0, 0.1) is 0 Å². The van der Waals surface area contributed by atoms with Crippen molar-refractivity contribution >= 4 is 28.4 Å². The molecule has 0 saturated carbocycles. The van der Waals surface area contributed by atoms with Crippen LogP contribution >= 0.6 is 0 Å². The number of ketones is 1. The number of likely N-dealkylation sites (tertiary alicyclic amines) is 1. The number of amides is 1. The highest BCUT2D eigenvalue weighted by molar-refractivity contribution is 6.46. The zero-order valence-electron chi connectivity index (χ0n) is 21.4. The van der Waals surface area contributed by atoms with E-state index in [1.54, 1.807) is 56.7 Å². The van der Waals surface area contributed by atoms with Gasteiger partial charge in [-0.3, -0.25) is 9.59 Å². The molecule has 1 saturated heterocycles. The lowest BCUT2D eigenvalue weighted by Gasteiger charge is -2.27. The zero-order chi connectivity index (χ0) is 26.8. The number of aromatic nitrogens is 1. The fraction of sp³-hybridized carbons (Fsp3) is 0.200. The summed E-state index contributed by atoms with van der Waals surface area (Å²) >= 11 is 0. The number of hydrogen-bond acceptors (Lipinski definition) is 6. The van der Waals surface area contributed by atoms with Crippen molar-refractivity contribution in [2.45, 2.75) is 12.5 Å². The van der Waals surface area contributed by atoms with E-state index in [0.717, 1.165) is 16.5 Å². The molecule has 5 rings (SSSR count). The molecular weight excluding hydrogens is 484 g/mol. The summed E-state index contributed by atoms with van der Waals surface area (Å²) in [6.45, 7) is 0.256. The predicted molar refractivity (Wildman–Crippen MR) is 144 cm³/mol. The molecule has 0 aliphatic carbocycles. The standard InChI is InChI=1S/C30H28N2O6/c1-36-20-10-8-18(9-11-20)28(33)26-27(23-13-12-21(37-2)16-25(23)38-3)32(30(35)29(26)34)15-14-19-17-31-24-7-5-4-6-22(19)24/h4-13,16-17,27,31,33H,14-15H2,1-3H3/t27-/m1/s1. The Morgan fingerprint density at radius 1 is 0.921 bits per heavy atom. The van der Waals surface area contributed by atoms with Gasteiger partial charge in [-0.1, -0.05) is 18.2 Å². The second-order valence-electron chi connectivity index (χ2n) is 8.94. The Hall–Kier alpha value is -4.72. The second-order valence-corrected chi connectivity index (χ2v) is 8.94. The number of Topliss-reactive ketones (excluding diaryl/α,β-unsaturated/α-hetero) is 1. The molecule has 8 nitrogen and oxygen atoms in total. The molecule has 1 amide bonds. The van der Waals surface area contributed by atoms with Crippen LogP contribution in [0.1, 0.15) is 22.7 Å². The summed E-state index contributed by atoms with van der Waals surface area (Å²) in [5.74, 6) is -0.0778. The van der Waals surface area contributed by atoms with Gasteiger partial charge in [-0.05, 0) is 54.4 Å². The Morgan fingerprint density at radius 2 is 1.63 bits per heavy atom. The maximum absolute atomic E-state index is 13.4. The Bertz CT molecular complexity index is 1540. The third kappa shape index (κ3) is 4.34. The van der Waals surface area contributed by atoms with Crippen LogP contribution in [0.25, 0.3) is 16.7 Å². The third-order valence-corrected chi connectivity index (χ3v) is 6.94. The van der Waals surface area contributed by atoms with Gasteiger partial charge < -0.3 is 29.2 Å². The Kier molecular flexibility index (Phi) is 6.79. The SMILES string of the molecule is COc1ccc(C(O)=C2C(=O)C(=O)N(CCc3c[nH]c4ccccc34)[C@@H]2c2ccc(OC)cc2OC)cc1. The molecule has 8 heteroatoms. The van der Waals surface area contributed by atoms with Gasteiger partial charge in [0.05, 0.1) is 32.9 Å². The highest BCUT2D eigenvalue weighted by Gasteiger charge is 2.47. The zero-order valence-corrected chi connectivity index (χ0v) is 21.4. The molecule has 2 heterocycles. The van der Waals surface area contributed by atoms with E-state index < -0.39 is 17.7 Å². The lowest BCUT2D eigenvalue weighted by molar-refractivity contribution is -0.139. The van der Waals surface area contributed by atoms with Gasteiger partial charge >= 0.3 is 0 Å². The molecule has 4 aromatic rings. The molecule has 38 heavy (non-hydrogen) atoms. The van der Waals surface area contributed by atoms with Crippen LogP contribution in [0.4, 0.5) is 0 Å². The van der Waals surface area contributed by atoms with Crippen molar-refractivity contribution in [2.75, 3.05) is 27.9 Å². The number of benzene rings is 3. The summed E-state index contributed by atoms with van der Waals surface area (Å²) in [4.78, 5) is 31.6. The highest BCUT2D eigenvalue weighted by atomic mass is 16.5. The number of ether oxygens (including phenoxy) is 3. The van der Waals surface area contributed by atoms with Gasteiger partial charge in [0.25, 0.3) is 11.7 Å². The number of fused-ring (bicyclic) bond motifs is 1. The number of carbonyl (C=O) groups excluding carboxylic acids is 2. The van der Waals surface area contributed by atoms with Crippen LogP contribution in [-0.2, 0) is 16.0 Å². The van der Waals surface area contributed by atoms with Crippen molar-refractivity contribution in [1.29, 1.82) is 0 Å². The number of nitrogens with one attached hydrogen (secondary N) is 1.